The summed E-state index contributed by atoms with van der Waals surface area (Å²) in [4.78, 5) is 13.5. The van der Waals surface area contributed by atoms with E-state index in [1.807, 2.05) is 60.7 Å². The number of hydrogen-bond acceptors (Lipinski definition) is 4. The summed E-state index contributed by atoms with van der Waals surface area (Å²) >= 11 is 0. The summed E-state index contributed by atoms with van der Waals surface area (Å²) in [7, 11) is 0. The summed E-state index contributed by atoms with van der Waals surface area (Å²) in [5.74, 6) is 0.784. The Morgan fingerprint density at radius 2 is 1.61 bits per heavy atom. The van der Waals surface area contributed by atoms with Crippen LogP contribution in [0, 0.1) is 0 Å². The first-order valence-corrected chi connectivity index (χ1v) is 9.05. The molecular formula is C23H14N4O. The van der Waals surface area contributed by atoms with Gasteiger partial charge < -0.3 is 4.42 Å². The van der Waals surface area contributed by atoms with E-state index in [4.69, 9.17) is 9.40 Å². The minimum Gasteiger partial charge on any atom is -0.455 e. The maximum absolute atomic E-state index is 6.24. The van der Waals surface area contributed by atoms with Gasteiger partial charge in [0.1, 0.15) is 23.0 Å². The summed E-state index contributed by atoms with van der Waals surface area (Å²) < 4.78 is 8.29. The highest BCUT2D eigenvalue weighted by atomic mass is 16.3. The smallest absolute Gasteiger partial charge is 0.168 e. The van der Waals surface area contributed by atoms with Gasteiger partial charge in [0.05, 0.1) is 11.8 Å². The van der Waals surface area contributed by atoms with Crippen LogP contribution in [0.15, 0.2) is 89.7 Å². The molecule has 3 aromatic carbocycles. The van der Waals surface area contributed by atoms with Gasteiger partial charge in [0.25, 0.3) is 0 Å². The lowest BCUT2D eigenvalue weighted by molar-refractivity contribution is 0.669. The Morgan fingerprint density at radius 1 is 0.786 bits per heavy atom. The van der Waals surface area contributed by atoms with Gasteiger partial charge in [-0.15, -0.1) is 0 Å². The Hall–Kier alpha value is -3.99. The molecule has 0 aliphatic carbocycles. The van der Waals surface area contributed by atoms with E-state index in [2.05, 4.69) is 26.7 Å². The van der Waals surface area contributed by atoms with Crippen molar-refractivity contribution in [2.75, 3.05) is 0 Å². The SMILES string of the molecule is c1ccc(-n2c(-c3cccc4c3oc3ccccc34)nc3cncnc32)cc1. The van der Waals surface area contributed by atoms with Gasteiger partial charge in [-0.25, -0.2) is 15.0 Å². The maximum Gasteiger partial charge on any atom is 0.168 e. The molecule has 6 aromatic rings. The van der Waals surface area contributed by atoms with Crippen LogP contribution < -0.4 is 0 Å². The van der Waals surface area contributed by atoms with Gasteiger partial charge >= 0.3 is 0 Å². The molecule has 0 spiro atoms. The van der Waals surface area contributed by atoms with Crippen LogP contribution in [0.25, 0.3) is 50.2 Å². The molecule has 0 unspecified atom stereocenters. The van der Waals surface area contributed by atoms with Crippen LogP contribution in [-0.4, -0.2) is 19.5 Å². The van der Waals surface area contributed by atoms with E-state index >= 15 is 0 Å². The first kappa shape index (κ1) is 15.1. The van der Waals surface area contributed by atoms with Gasteiger partial charge in [-0.2, -0.15) is 0 Å². The minimum atomic E-state index is 0.745. The number of hydrogen-bond donors (Lipinski definition) is 0. The number of para-hydroxylation sites is 3. The van der Waals surface area contributed by atoms with Gasteiger partial charge in [-0.05, 0) is 24.3 Å². The molecule has 5 nitrogen and oxygen atoms in total. The van der Waals surface area contributed by atoms with E-state index in [9.17, 15) is 0 Å². The van der Waals surface area contributed by atoms with Crippen molar-refractivity contribution in [2.24, 2.45) is 0 Å². The minimum absolute atomic E-state index is 0.745. The number of benzene rings is 3. The van der Waals surface area contributed by atoms with E-state index < -0.39 is 0 Å². The largest absolute Gasteiger partial charge is 0.455 e. The van der Waals surface area contributed by atoms with E-state index in [-0.39, 0.29) is 0 Å². The Labute approximate surface area is 159 Å². The fourth-order valence-electron chi connectivity index (χ4n) is 3.76. The van der Waals surface area contributed by atoms with Crippen LogP contribution in [0.3, 0.4) is 0 Å². The van der Waals surface area contributed by atoms with Crippen LogP contribution in [0.1, 0.15) is 0 Å². The lowest BCUT2D eigenvalue weighted by atomic mass is 10.1. The van der Waals surface area contributed by atoms with Crippen molar-refractivity contribution < 1.29 is 4.42 Å². The molecule has 132 valence electrons. The molecule has 28 heavy (non-hydrogen) atoms. The molecule has 0 aliphatic heterocycles. The predicted molar refractivity (Wildman–Crippen MR) is 109 cm³/mol. The van der Waals surface area contributed by atoms with Gasteiger partial charge in [0.15, 0.2) is 11.5 Å². The normalized spacial score (nSPS) is 11.6. The topological polar surface area (TPSA) is 56.7 Å². The number of rotatable bonds is 2. The molecule has 0 radical (unpaired) electrons. The molecule has 0 fully saturated rings. The molecular weight excluding hydrogens is 348 g/mol. The average molecular weight is 362 g/mol. The highest BCUT2D eigenvalue weighted by molar-refractivity contribution is 6.09. The maximum atomic E-state index is 6.24. The quantitative estimate of drug-likeness (QED) is 0.415. The van der Waals surface area contributed by atoms with E-state index in [1.54, 1.807) is 12.5 Å². The first-order chi connectivity index (χ1) is 13.9. The Balaban J connectivity index is 1.74. The van der Waals surface area contributed by atoms with Crippen LogP contribution in [0.5, 0.6) is 0 Å². The van der Waals surface area contributed by atoms with Gasteiger partial charge in [-0.1, -0.05) is 48.5 Å². The fourth-order valence-corrected chi connectivity index (χ4v) is 3.76. The predicted octanol–water partition coefficient (Wildman–Crippen LogP) is 5.38. The lowest BCUT2D eigenvalue weighted by Gasteiger charge is -2.09. The summed E-state index contributed by atoms with van der Waals surface area (Å²) in [6.45, 7) is 0. The Bertz CT molecular complexity index is 1460. The standard InChI is InChI=1S/C23H14N4O/c1-2-7-15(8-3-1)27-22(26-19-13-24-14-25-23(19)27)18-11-6-10-17-16-9-4-5-12-20(16)28-21(17)18/h1-14H. The van der Waals surface area contributed by atoms with Crippen molar-refractivity contribution in [1.82, 2.24) is 19.5 Å². The molecule has 0 N–H and O–H groups in total. The van der Waals surface area contributed by atoms with Crippen LogP contribution in [0.4, 0.5) is 0 Å². The van der Waals surface area contributed by atoms with Crippen molar-refractivity contribution in [2.45, 2.75) is 0 Å². The summed E-state index contributed by atoms with van der Waals surface area (Å²) in [6.07, 6.45) is 3.29. The van der Waals surface area contributed by atoms with E-state index in [1.165, 1.54) is 0 Å². The van der Waals surface area contributed by atoms with Crippen LogP contribution >= 0.6 is 0 Å². The molecule has 3 aromatic heterocycles. The van der Waals surface area contributed by atoms with Crippen molar-refractivity contribution in [3.63, 3.8) is 0 Å². The third kappa shape index (κ3) is 2.10. The van der Waals surface area contributed by atoms with Gasteiger partial charge in [0.2, 0.25) is 0 Å². The second kappa shape index (κ2) is 5.76. The number of aromatic nitrogens is 4. The second-order valence-corrected chi connectivity index (χ2v) is 6.62. The monoisotopic (exact) mass is 362 g/mol. The van der Waals surface area contributed by atoms with Crippen LogP contribution in [0.2, 0.25) is 0 Å². The molecule has 0 amide bonds. The zero-order valence-corrected chi connectivity index (χ0v) is 14.8. The fraction of sp³-hybridized carbons (Fsp3) is 0. The second-order valence-electron chi connectivity index (χ2n) is 6.62. The molecule has 0 saturated heterocycles. The molecule has 0 saturated carbocycles. The summed E-state index contributed by atoms with van der Waals surface area (Å²) in [6, 6.07) is 24.4. The highest BCUT2D eigenvalue weighted by Gasteiger charge is 2.19. The number of nitrogens with zero attached hydrogens (tertiary/aromatic N) is 4. The number of fused-ring (bicyclic) bond motifs is 4. The van der Waals surface area contributed by atoms with Crippen molar-refractivity contribution in [3.8, 4) is 17.1 Å². The van der Waals surface area contributed by atoms with E-state index in [0.717, 1.165) is 50.2 Å². The number of imidazole rings is 1. The lowest BCUT2D eigenvalue weighted by Crippen LogP contribution is -1.98. The summed E-state index contributed by atoms with van der Waals surface area (Å²) in [5.41, 5.74) is 5.12. The van der Waals surface area contributed by atoms with E-state index in [0.29, 0.717) is 0 Å². The van der Waals surface area contributed by atoms with Gasteiger partial charge in [-0.3, -0.25) is 4.57 Å². The van der Waals surface area contributed by atoms with Crippen molar-refractivity contribution >= 4 is 33.1 Å². The molecule has 0 aliphatic rings. The molecule has 3 heterocycles. The summed E-state index contributed by atoms with van der Waals surface area (Å²) in [5, 5.41) is 2.17. The first-order valence-electron chi connectivity index (χ1n) is 9.05. The molecule has 6 rings (SSSR count). The number of furan rings is 1. The third-order valence-electron chi connectivity index (χ3n) is 4.98. The average Bonchev–Trinajstić information content (AvgIpc) is 3.33. The third-order valence-corrected chi connectivity index (χ3v) is 4.98. The zero-order valence-electron chi connectivity index (χ0n) is 14.8. The highest BCUT2D eigenvalue weighted by Crippen LogP contribution is 2.37. The molecule has 0 atom stereocenters. The van der Waals surface area contributed by atoms with Crippen LogP contribution in [-0.2, 0) is 0 Å². The van der Waals surface area contributed by atoms with Crippen molar-refractivity contribution in [1.29, 1.82) is 0 Å². The molecule has 0 bridgehead atoms. The van der Waals surface area contributed by atoms with Gasteiger partial charge in [0, 0.05) is 16.5 Å². The molecule has 5 heteroatoms. The zero-order chi connectivity index (χ0) is 18.5. The Morgan fingerprint density at radius 3 is 2.54 bits per heavy atom. The Kier molecular flexibility index (Phi) is 3.10. The van der Waals surface area contributed by atoms with Crippen molar-refractivity contribution in [3.05, 3.63) is 85.3 Å².